The Morgan fingerprint density at radius 3 is 2.22 bits per heavy atom. The molecule has 1 rings (SSSR count). The van der Waals surface area contributed by atoms with Gasteiger partial charge in [-0.05, 0) is 37.1 Å². The van der Waals surface area contributed by atoms with E-state index in [1.54, 1.807) is 0 Å². The molecule has 0 aliphatic carbocycles. The van der Waals surface area contributed by atoms with Crippen molar-refractivity contribution in [3.05, 3.63) is 29.8 Å². The van der Waals surface area contributed by atoms with Gasteiger partial charge in [-0.3, -0.25) is 0 Å². The van der Waals surface area contributed by atoms with Gasteiger partial charge in [0, 0.05) is 25.3 Å². The lowest BCUT2D eigenvalue weighted by Gasteiger charge is -2.29. The summed E-state index contributed by atoms with van der Waals surface area (Å²) in [6.07, 6.45) is 2.32. The zero-order valence-electron chi connectivity index (χ0n) is 12.5. The summed E-state index contributed by atoms with van der Waals surface area (Å²) in [5.41, 5.74) is 2.70. The average molecular weight is 248 g/mol. The molecular weight excluding hydrogens is 220 g/mol. The van der Waals surface area contributed by atoms with E-state index in [-0.39, 0.29) is 0 Å². The van der Waals surface area contributed by atoms with Crippen LogP contribution >= 0.6 is 0 Å². The molecule has 0 spiro atoms. The van der Waals surface area contributed by atoms with Gasteiger partial charge in [0.25, 0.3) is 0 Å². The maximum Gasteiger partial charge on any atom is 0.0364 e. The van der Waals surface area contributed by atoms with E-state index in [0.717, 1.165) is 13.0 Å². The Balaban J connectivity index is 2.65. The normalized spacial score (nSPS) is 14.3. The first-order valence-electron chi connectivity index (χ1n) is 7.09. The molecule has 0 heterocycles. The predicted octanol–water partition coefficient (Wildman–Crippen LogP) is 3.32. The molecular formula is C16H28N2. The van der Waals surface area contributed by atoms with Crippen LogP contribution in [-0.2, 0) is 6.42 Å². The van der Waals surface area contributed by atoms with Crippen molar-refractivity contribution in [2.45, 2.75) is 39.7 Å². The molecule has 0 radical (unpaired) electrons. The first-order valence-corrected chi connectivity index (χ1v) is 7.09. The van der Waals surface area contributed by atoms with E-state index in [4.69, 9.17) is 0 Å². The number of anilines is 1. The SMILES string of the molecule is CCc1ccc(N(C)CC(NC)C(C)CC)cc1. The van der Waals surface area contributed by atoms with Crippen molar-refractivity contribution >= 4 is 5.69 Å². The summed E-state index contributed by atoms with van der Waals surface area (Å²) < 4.78 is 0. The Hall–Kier alpha value is -1.02. The van der Waals surface area contributed by atoms with Crippen LogP contribution in [0.3, 0.4) is 0 Å². The lowest BCUT2D eigenvalue weighted by atomic mass is 9.99. The van der Waals surface area contributed by atoms with Crippen LogP contribution in [0.4, 0.5) is 5.69 Å². The largest absolute Gasteiger partial charge is 0.373 e. The maximum atomic E-state index is 3.43. The fraction of sp³-hybridized carbons (Fsp3) is 0.625. The summed E-state index contributed by atoms with van der Waals surface area (Å²) in [6, 6.07) is 9.45. The molecule has 2 unspecified atom stereocenters. The Morgan fingerprint density at radius 1 is 1.17 bits per heavy atom. The number of benzene rings is 1. The van der Waals surface area contributed by atoms with Gasteiger partial charge in [0.2, 0.25) is 0 Å². The molecule has 0 aliphatic rings. The average Bonchev–Trinajstić information content (AvgIpc) is 2.43. The third-order valence-electron chi connectivity index (χ3n) is 3.96. The Labute approximate surface area is 112 Å². The van der Waals surface area contributed by atoms with Gasteiger partial charge in [0.05, 0.1) is 0 Å². The van der Waals surface area contributed by atoms with Crippen molar-refractivity contribution in [3.8, 4) is 0 Å². The Bertz CT molecular complexity index is 331. The van der Waals surface area contributed by atoms with E-state index in [0.29, 0.717) is 12.0 Å². The van der Waals surface area contributed by atoms with Gasteiger partial charge in [-0.15, -0.1) is 0 Å². The molecule has 0 saturated carbocycles. The first-order chi connectivity index (χ1) is 8.62. The molecule has 1 aromatic rings. The van der Waals surface area contributed by atoms with Crippen LogP contribution < -0.4 is 10.2 Å². The summed E-state index contributed by atoms with van der Waals surface area (Å²) in [4.78, 5) is 2.34. The monoisotopic (exact) mass is 248 g/mol. The molecule has 0 amide bonds. The lowest BCUT2D eigenvalue weighted by Crippen LogP contribution is -2.42. The maximum absolute atomic E-state index is 3.43. The van der Waals surface area contributed by atoms with Gasteiger partial charge in [-0.25, -0.2) is 0 Å². The van der Waals surface area contributed by atoms with Gasteiger partial charge < -0.3 is 10.2 Å². The van der Waals surface area contributed by atoms with Gasteiger partial charge in [0.15, 0.2) is 0 Å². The van der Waals surface area contributed by atoms with Crippen molar-refractivity contribution in [3.63, 3.8) is 0 Å². The first kappa shape index (κ1) is 15.0. The van der Waals surface area contributed by atoms with Crippen molar-refractivity contribution in [1.29, 1.82) is 0 Å². The molecule has 1 aromatic carbocycles. The molecule has 0 aliphatic heterocycles. The van der Waals surface area contributed by atoms with Crippen molar-refractivity contribution in [2.75, 3.05) is 25.5 Å². The van der Waals surface area contributed by atoms with E-state index in [1.165, 1.54) is 17.7 Å². The van der Waals surface area contributed by atoms with E-state index < -0.39 is 0 Å². The second-order valence-corrected chi connectivity index (χ2v) is 5.18. The van der Waals surface area contributed by atoms with E-state index in [9.17, 15) is 0 Å². The number of likely N-dealkylation sites (N-methyl/N-ethyl adjacent to an activating group) is 2. The summed E-state index contributed by atoms with van der Waals surface area (Å²) >= 11 is 0. The molecule has 2 heteroatoms. The van der Waals surface area contributed by atoms with Crippen LogP contribution in [0.25, 0.3) is 0 Å². The minimum Gasteiger partial charge on any atom is -0.373 e. The number of nitrogens with zero attached hydrogens (tertiary/aromatic N) is 1. The minimum atomic E-state index is 0.547. The Morgan fingerprint density at radius 2 is 1.78 bits per heavy atom. The van der Waals surface area contributed by atoms with E-state index in [1.807, 2.05) is 0 Å². The molecule has 1 N–H and O–H groups in total. The third-order valence-corrected chi connectivity index (χ3v) is 3.96. The van der Waals surface area contributed by atoms with Crippen molar-refractivity contribution in [1.82, 2.24) is 5.32 Å². The highest BCUT2D eigenvalue weighted by molar-refractivity contribution is 5.47. The molecule has 2 nitrogen and oxygen atoms in total. The highest BCUT2D eigenvalue weighted by Crippen LogP contribution is 2.16. The summed E-state index contributed by atoms with van der Waals surface area (Å²) in [6.45, 7) is 7.82. The smallest absolute Gasteiger partial charge is 0.0364 e. The van der Waals surface area contributed by atoms with Crippen LogP contribution in [-0.4, -0.2) is 26.7 Å². The standard InChI is InChI=1S/C16H28N2/c1-6-13(3)16(17-4)12-18(5)15-10-8-14(7-2)9-11-15/h8-11,13,16-17H,6-7,12H2,1-5H3. The number of rotatable bonds is 7. The fourth-order valence-corrected chi connectivity index (χ4v) is 2.23. The summed E-state index contributed by atoms with van der Waals surface area (Å²) in [5.74, 6) is 0.701. The van der Waals surface area contributed by atoms with Crippen LogP contribution in [0.5, 0.6) is 0 Å². The van der Waals surface area contributed by atoms with Gasteiger partial charge in [0.1, 0.15) is 0 Å². The number of nitrogens with one attached hydrogen (secondary N) is 1. The molecule has 0 fully saturated rings. The highest BCUT2D eigenvalue weighted by Gasteiger charge is 2.15. The van der Waals surface area contributed by atoms with Crippen LogP contribution in [0.1, 0.15) is 32.8 Å². The molecule has 0 aromatic heterocycles. The lowest BCUT2D eigenvalue weighted by molar-refractivity contribution is 0.391. The molecule has 0 saturated heterocycles. The number of hydrogen-bond acceptors (Lipinski definition) is 2. The van der Waals surface area contributed by atoms with Crippen LogP contribution in [0.2, 0.25) is 0 Å². The molecule has 18 heavy (non-hydrogen) atoms. The number of aryl methyl sites for hydroxylation is 1. The second kappa shape index (κ2) is 7.42. The highest BCUT2D eigenvalue weighted by atomic mass is 15.1. The summed E-state index contributed by atoms with van der Waals surface area (Å²) in [5, 5.41) is 3.43. The van der Waals surface area contributed by atoms with E-state index in [2.05, 4.69) is 69.3 Å². The number of hydrogen-bond donors (Lipinski definition) is 1. The van der Waals surface area contributed by atoms with E-state index >= 15 is 0 Å². The van der Waals surface area contributed by atoms with Crippen LogP contribution in [0, 0.1) is 5.92 Å². The zero-order valence-corrected chi connectivity index (χ0v) is 12.5. The zero-order chi connectivity index (χ0) is 13.5. The Kier molecular flexibility index (Phi) is 6.20. The minimum absolute atomic E-state index is 0.547. The van der Waals surface area contributed by atoms with Crippen molar-refractivity contribution < 1.29 is 0 Å². The van der Waals surface area contributed by atoms with Gasteiger partial charge in [-0.2, -0.15) is 0 Å². The molecule has 0 bridgehead atoms. The quantitative estimate of drug-likeness (QED) is 0.796. The predicted molar refractivity (Wildman–Crippen MR) is 81.4 cm³/mol. The van der Waals surface area contributed by atoms with Crippen LogP contribution in [0.15, 0.2) is 24.3 Å². The third kappa shape index (κ3) is 4.02. The molecule has 2 atom stereocenters. The fourth-order valence-electron chi connectivity index (χ4n) is 2.23. The van der Waals surface area contributed by atoms with Gasteiger partial charge >= 0.3 is 0 Å². The second-order valence-electron chi connectivity index (χ2n) is 5.18. The molecule has 102 valence electrons. The topological polar surface area (TPSA) is 15.3 Å². The van der Waals surface area contributed by atoms with Gasteiger partial charge in [-0.1, -0.05) is 39.3 Å². The van der Waals surface area contributed by atoms with Crippen molar-refractivity contribution in [2.24, 2.45) is 5.92 Å². The summed E-state index contributed by atoms with van der Waals surface area (Å²) in [7, 11) is 4.23.